The minimum absolute atomic E-state index is 0.208. The lowest BCUT2D eigenvalue weighted by Gasteiger charge is -2.27. The van der Waals surface area contributed by atoms with Gasteiger partial charge in [0.2, 0.25) is 0 Å². The number of halogens is 1. The van der Waals surface area contributed by atoms with Crippen LogP contribution in [-0.2, 0) is 34.0 Å². The molecule has 0 radical (unpaired) electrons. The Bertz CT molecular complexity index is 916. The van der Waals surface area contributed by atoms with Gasteiger partial charge >= 0.3 is 0 Å². The Balaban J connectivity index is 1.62. The molecule has 160 valence electrons. The van der Waals surface area contributed by atoms with Crippen molar-refractivity contribution in [3.63, 3.8) is 0 Å². The van der Waals surface area contributed by atoms with Crippen molar-refractivity contribution in [1.82, 2.24) is 0 Å². The van der Waals surface area contributed by atoms with Crippen molar-refractivity contribution in [2.75, 3.05) is 6.61 Å². The van der Waals surface area contributed by atoms with Crippen molar-refractivity contribution in [1.29, 1.82) is 5.26 Å². The Morgan fingerprint density at radius 3 is 1.61 bits per heavy atom. The van der Waals surface area contributed by atoms with Crippen LogP contribution in [0.1, 0.15) is 16.7 Å². The number of nitriles is 1. The summed E-state index contributed by atoms with van der Waals surface area (Å²) in [6.07, 6.45) is -1.24. The minimum Gasteiger partial charge on any atom is -0.376 e. The van der Waals surface area contributed by atoms with Crippen molar-refractivity contribution in [3.05, 3.63) is 108 Å². The molecule has 0 bridgehead atoms. The molecule has 4 nitrogen and oxygen atoms in total. The number of nitrogens with zero attached hydrogens (tertiary/aromatic N) is 1. The summed E-state index contributed by atoms with van der Waals surface area (Å²) in [5.74, 6) is 0. The molecular formula is C26H26BrNO3. The maximum atomic E-state index is 9.81. The zero-order valence-electron chi connectivity index (χ0n) is 17.3. The fraction of sp³-hybridized carbons (Fsp3) is 0.269. The van der Waals surface area contributed by atoms with E-state index in [1.165, 1.54) is 0 Å². The van der Waals surface area contributed by atoms with E-state index in [2.05, 4.69) is 22.0 Å². The molecule has 0 aliphatic carbocycles. The van der Waals surface area contributed by atoms with Gasteiger partial charge < -0.3 is 14.2 Å². The van der Waals surface area contributed by atoms with Crippen molar-refractivity contribution in [2.45, 2.75) is 36.9 Å². The monoisotopic (exact) mass is 479 g/mol. The lowest BCUT2D eigenvalue weighted by Crippen LogP contribution is -2.40. The van der Waals surface area contributed by atoms with Gasteiger partial charge in [0.25, 0.3) is 0 Å². The predicted molar refractivity (Wildman–Crippen MR) is 124 cm³/mol. The van der Waals surface area contributed by atoms with E-state index in [4.69, 9.17) is 14.2 Å². The van der Waals surface area contributed by atoms with Gasteiger partial charge in [0.15, 0.2) is 6.10 Å². The number of alkyl halides is 1. The maximum Gasteiger partial charge on any atom is 0.171 e. The van der Waals surface area contributed by atoms with Gasteiger partial charge in [-0.3, -0.25) is 0 Å². The summed E-state index contributed by atoms with van der Waals surface area (Å²) in [5.41, 5.74) is 3.15. The van der Waals surface area contributed by atoms with Gasteiger partial charge in [0.05, 0.1) is 37.3 Å². The molecule has 0 saturated carbocycles. The Kier molecular flexibility index (Phi) is 9.75. The third-order valence-electron chi connectivity index (χ3n) is 4.73. The summed E-state index contributed by atoms with van der Waals surface area (Å²) < 4.78 is 18.0. The van der Waals surface area contributed by atoms with Crippen LogP contribution in [0.25, 0.3) is 0 Å². The van der Waals surface area contributed by atoms with E-state index in [-0.39, 0.29) is 4.83 Å². The highest BCUT2D eigenvalue weighted by molar-refractivity contribution is 9.09. The molecule has 0 aromatic heterocycles. The fourth-order valence-corrected chi connectivity index (χ4v) is 3.69. The van der Waals surface area contributed by atoms with Crippen molar-refractivity contribution < 1.29 is 14.2 Å². The van der Waals surface area contributed by atoms with Gasteiger partial charge in [0, 0.05) is 0 Å². The molecule has 5 heteroatoms. The smallest absolute Gasteiger partial charge is 0.171 e. The number of benzene rings is 3. The van der Waals surface area contributed by atoms with Crippen LogP contribution in [0, 0.1) is 11.3 Å². The molecule has 3 aromatic rings. The quantitative estimate of drug-likeness (QED) is 0.314. The van der Waals surface area contributed by atoms with Crippen LogP contribution >= 0.6 is 15.9 Å². The first-order valence-corrected chi connectivity index (χ1v) is 11.1. The average Bonchev–Trinajstić information content (AvgIpc) is 2.83. The molecule has 0 aliphatic rings. The first kappa shape index (κ1) is 23.2. The molecule has 0 N–H and O–H groups in total. The molecule has 0 fully saturated rings. The summed E-state index contributed by atoms with van der Waals surface area (Å²) in [6, 6.07) is 32.0. The second-order valence-electron chi connectivity index (χ2n) is 7.12. The first-order valence-electron chi connectivity index (χ1n) is 10.2. The van der Waals surface area contributed by atoms with E-state index >= 15 is 0 Å². The molecule has 3 atom stereocenters. The average molecular weight is 480 g/mol. The number of hydrogen-bond donors (Lipinski definition) is 0. The van der Waals surface area contributed by atoms with Crippen LogP contribution in [-0.4, -0.2) is 23.6 Å². The minimum atomic E-state index is -0.742. The van der Waals surface area contributed by atoms with Crippen molar-refractivity contribution >= 4 is 15.9 Å². The van der Waals surface area contributed by atoms with E-state index < -0.39 is 12.2 Å². The Morgan fingerprint density at radius 1 is 0.677 bits per heavy atom. The summed E-state index contributed by atoms with van der Waals surface area (Å²) in [5, 5.41) is 9.81. The van der Waals surface area contributed by atoms with Crippen LogP contribution < -0.4 is 0 Å². The molecule has 0 aliphatic heterocycles. The lowest BCUT2D eigenvalue weighted by molar-refractivity contribution is -0.0695. The Hall–Kier alpha value is -2.49. The molecule has 0 heterocycles. The van der Waals surface area contributed by atoms with Crippen molar-refractivity contribution in [3.8, 4) is 6.07 Å². The third-order valence-corrected chi connectivity index (χ3v) is 5.51. The normalized spacial score (nSPS) is 13.8. The number of ether oxygens (including phenoxy) is 3. The fourth-order valence-electron chi connectivity index (χ4n) is 3.07. The zero-order chi connectivity index (χ0) is 21.7. The van der Waals surface area contributed by atoms with Crippen LogP contribution in [0.5, 0.6) is 0 Å². The van der Waals surface area contributed by atoms with E-state index in [0.29, 0.717) is 26.4 Å². The summed E-state index contributed by atoms with van der Waals surface area (Å²) in [4.78, 5) is -0.208. The van der Waals surface area contributed by atoms with Gasteiger partial charge in [-0.2, -0.15) is 5.26 Å². The van der Waals surface area contributed by atoms with E-state index in [1.807, 2.05) is 91.0 Å². The summed E-state index contributed by atoms with van der Waals surface area (Å²) in [7, 11) is 0. The molecule has 0 saturated heterocycles. The molecule has 0 spiro atoms. The molecule has 0 amide bonds. The van der Waals surface area contributed by atoms with Gasteiger partial charge in [-0.25, -0.2) is 0 Å². The Morgan fingerprint density at radius 2 is 1.13 bits per heavy atom. The maximum absolute atomic E-state index is 9.81. The van der Waals surface area contributed by atoms with E-state index in [0.717, 1.165) is 16.7 Å². The highest BCUT2D eigenvalue weighted by Crippen LogP contribution is 2.20. The van der Waals surface area contributed by atoms with Crippen LogP contribution in [0.15, 0.2) is 91.0 Å². The highest BCUT2D eigenvalue weighted by Gasteiger charge is 2.30. The zero-order valence-corrected chi connectivity index (χ0v) is 18.9. The predicted octanol–water partition coefficient (Wildman–Crippen LogP) is 5.66. The SMILES string of the molecule is N#C[C@H](OCc1ccccc1)[C@H](OCc1ccccc1)[C@@H](Br)COCc1ccccc1. The molecular weight excluding hydrogens is 454 g/mol. The number of rotatable bonds is 12. The third kappa shape index (κ3) is 7.93. The van der Waals surface area contributed by atoms with Gasteiger partial charge in [-0.1, -0.05) is 107 Å². The van der Waals surface area contributed by atoms with Gasteiger partial charge in [0.1, 0.15) is 6.10 Å². The summed E-state index contributed by atoms with van der Waals surface area (Å²) in [6.45, 7) is 1.62. The van der Waals surface area contributed by atoms with Crippen LogP contribution in [0.3, 0.4) is 0 Å². The standard InChI is InChI=1S/C26H26BrNO3/c27-24(20-29-17-21-10-4-1-5-11-21)26(31-19-23-14-8-3-9-15-23)25(16-28)30-18-22-12-6-2-7-13-22/h1-15,24-26H,17-20H2/t24-,25-,26+/m0/s1. The van der Waals surface area contributed by atoms with E-state index in [9.17, 15) is 5.26 Å². The summed E-state index contributed by atoms with van der Waals surface area (Å²) >= 11 is 3.68. The molecule has 31 heavy (non-hydrogen) atoms. The van der Waals surface area contributed by atoms with Gasteiger partial charge in [-0.15, -0.1) is 0 Å². The van der Waals surface area contributed by atoms with Crippen LogP contribution in [0.4, 0.5) is 0 Å². The topological polar surface area (TPSA) is 51.5 Å². The first-order chi connectivity index (χ1) is 15.3. The molecule has 3 aromatic carbocycles. The Labute approximate surface area is 192 Å². The highest BCUT2D eigenvalue weighted by atomic mass is 79.9. The lowest BCUT2D eigenvalue weighted by atomic mass is 10.1. The molecule has 0 unspecified atom stereocenters. The second-order valence-corrected chi connectivity index (χ2v) is 8.30. The second kappa shape index (κ2) is 13.0. The molecule has 3 rings (SSSR count). The van der Waals surface area contributed by atoms with Crippen molar-refractivity contribution in [2.24, 2.45) is 0 Å². The van der Waals surface area contributed by atoms with E-state index in [1.54, 1.807) is 0 Å². The number of hydrogen-bond acceptors (Lipinski definition) is 4. The van der Waals surface area contributed by atoms with Crippen LogP contribution in [0.2, 0.25) is 0 Å². The largest absolute Gasteiger partial charge is 0.376 e. The van der Waals surface area contributed by atoms with Gasteiger partial charge in [-0.05, 0) is 16.7 Å².